The average Bonchev–Trinajstić information content (AvgIpc) is 2.97. The molecule has 0 unspecified atom stereocenters. The van der Waals surface area contributed by atoms with E-state index < -0.39 is 0 Å². The number of aromatic nitrogens is 1. The van der Waals surface area contributed by atoms with Gasteiger partial charge in [-0.1, -0.05) is 11.6 Å². The van der Waals surface area contributed by atoms with Gasteiger partial charge in [-0.2, -0.15) is 5.10 Å². The zero-order valence-electron chi connectivity index (χ0n) is 14.0. The highest BCUT2D eigenvalue weighted by molar-refractivity contribution is 7.13. The summed E-state index contributed by atoms with van der Waals surface area (Å²) in [5.74, 6) is 0.509. The molecule has 0 fully saturated rings. The van der Waals surface area contributed by atoms with Gasteiger partial charge in [0.1, 0.15) is 5.75 Å². The first-order valence-electron chi connectivity index (χ1n) is 7.75. The largest absolute Gasteiger partial charge is 0.493 e. The van der Waals surface area contributed by atoms with Gasteiger partial charge in [-0.25, -0.2) is 4.98 Å². The van der Waals surface area contributed by atoms with Crippen LogP contribution in [-0.2, 0) is 16.0 Å². The Balaban J connectivity index is 1.98. The van der Waals surface area contributed by atoms with Gasteiger partial charge in [-0.3, -0.25) is 10.2 Å². The Labute approximate surface area is 145 Å². The number of benzene rings is 1. The number of nitrogens with zero attached hydrogens (tertiary/aromatic N) is 2. The van der Waals surface area contributed by atoms with Gasteiger partial charge in [0.15, 0.2) is 0 Å². The van der Waals surface area contributed by atoms with Crippen molar-refractivity contribution in [3.05, 3.63) is 40.4 Å². The summed E-state index contributed by atoms with van der Waals surface area (Å²) in [5.41, 5.74) is 5.57. The SMILES string of the molecule is CCOC(=O)Cc1csc(NN=Cc2cc(C)ccc2OCC)n1. The molecule has 1 aromatic carbocycles. The first-order chi connectivity index (χ1) is 11.6. The van der Waals surface area contributed by atoms with Gasteiger partial charge in [-0.15, -0.1) is 11.3 Å². The van der Waals surface area contributed by atoms with Crippen molar-refractivity contribution in [3.8, 4) is 5.75 Å². The number of hydrogen-bond acceptors (Lipinski definition) is 7. The highest BCUT2D eigenvalue weighted by atomic mass is 32.1. The number of carbonyl (C=O) groups is 1. The number of esters is 1. The first-order valence-corrected chi connectivity index (χ1v) is 8.62. The van der Waals surface area contributed by atoms with Crippen LogP contribution < -0.4 is 10.2 Å². The van der Waals surface area contributed by atoms with Crippen molar-refractivity contribution in [2.75, 3.05) is 18.6 Å². The van der Waals surface area contributed by atoms with Gasteiger partial charge in [0.2, 0.25) is 5.13 Å². The summed E-state index contributed by atoms with van der Waals surface area (Å²) in [6, 6.07) is 5.93. The molecule has 128 valence electrons. The minimum absolute atomic E-state index is 0.169. The molecule has 0 saturated carbocycles. The summed E-state index contributed by atoms with van der Waals surface area (Å²) in [6.45, 7) is 6.71. The third-order valence-corrected chi connectivity index (χ3v) is 3.81. The van der Waals surface area contributed by atoms with E-state index in [-0.39, 0.29) is 12.4 Å². The van der Waals surface area contributed by atoms with Crippen LogP contribution in [0.5, 0.6) is 5.75 Å². The van der Waals surface area contributed by atoms with Gasteiger partial charge in [0.25, 0.3) is 0 Å². The molecule has 6 nitrogen and oxygen atoms in total. The minimum atomic E-state index is -0.279. The molecule has 0 aliphatic rings. The topological polar surface area (TPSA) is 72.8 Å². The standard InChI is InChI=1S/C17H21N3O3S/c1-4-22-15-7-6-12(3)8-13(15)10-18-20-17-19-14(11-24-17)9-16(21)23-5-2/h6-8,10-11H,4-5,9H2,1-3H3,(H,19,20). The van der Waals surface area contributed by atoms with Crippen LogP contribution in [0.3, 0.4) is 0 Å². The van der Waals surface area contributed by atoms with Crippen LogP contribution in [0.15, 0.2) is 28.7 Å². The van der Waals surface area contributed by atoms with Crippen LogP contribution >= 0.6 is 11.3 Å². The summed E-state index contributed by atoms with van der Waals surface area (Å²) in [6.07, 6.45) is 1.87. The number of nitrogens with one attached hydrogen (secondary N) is 1. The molecule has 24 heavy (non-hydrogen) atoms. The Morgan fingerprint density at radius 2 is 2.21 bits per heavy atom. The predicted octanol–water partition coefficient (Wildman–Crippen LogP) is 3.40. The minimum Gasteiger partial charge on any atom is -0.493 e. The third-order valence-electron chi connectivity index (χ3n) is 3.01. The third kappa shape index (κ3) is 5.34. The monoisotopic (exact) mass is 347 g/mol. The molecular formula is C17H21N3O3S. The molecule has 1 heterocycles. The number of ether oxygens (including phenoxy) is 2. The van der Waals surface area contributed by atoms with Gasteiger partial charge in [0, 0.05) is 10.9 Å². The fraction of sp³-hybridized carbons (Fsp3) is 0.353. The molecule has 2 rings (SSSR count). The summed E-state index contributed by atoms with van der Waals surface area (Å²) in [5, 5.41) is 6.64. The van der Waals surface area contributed by atoms with Crippen LogP contribution in [0.1, 0.15) is 30.7 Å². The van der Waals surface area contributed by atoms with Gasteiger partial charge in [0.05, 0.1) is 31.5 Å². The first kappa shape index (κ1) is 17.9. The number of aryl methyl sites for hydroxylation is 1. The molecule has 0 radical (unpaired) electrons. The molecule has 0 bridgehead atoms. The molecule has 0 amide bonds. The highest BCUT2D eigenvalue weighted by Gasteiger charge is 2.08. The Morgan fingerprint density at radius 3 is 2.96 bits per heavy atom. The molecule has 0 saturated heterocycles. The second-order valence-electron chi connectivity index (χ2n) is 4.97. The number of carbonyl (C=O) groups excluding carboxylic acids is 1. The van der Waals surface area contributed by atoms with Crippen molar-refractivity contribution in [1.29, 1.82) is 0 Å². The molecule has 0 aliphatic heterocycles. The molecule has 1 aromatic heterocycles. The highest BCUT2D eigenvalue weighted by Crippen LogP contribution is 2.19. The summed E-state index contributed by atoms with van der Waals surface area (Å²) in [7, 11) is 0. The number of hydrogen-bond donors (Lipinski definition) is 1. The molecule has 2 aromatic rings. The van der Waals surface area contributed by atoms with Crippen LogP contribution in [0.25, 0.3) is 0 Å². The van der Waals surface area contributed by atoms with E-state index >= 15 is 0 Å². The van der Waals surface area contributed by atoms with E-state index in [1.807, 2.05) is 37.4 Å². The maximum atomic E-state index is 11.4. The van der Waals surface area contributed by atoms with Crippen molar-refractivity contribution in [2.24, 2.45) is 5.10 Å². The Bertz CT molecular complexity index is 713. The molecule has 0 atom stereocenters. The van der Waals surface area contributed by atoms with Gasteiger partial charge < -0.3 is 9.47 Å². The Kier molecular flexibility index (Phi) is 6.74. The lowest BCUT2D eigenvalue weighted by atomic mass is 10.1. The quantitative estimate of drug-likeness (QED) is 0.450. The van der Waals surface area contributed by atoms with E-state index in [1.54, 1.807) is 13.1 Å². The smallest absolute Gasteiger partial charge is 0.311 e. The Morgan fingerprint density at radius 1 is 1.38 bits per heavy atom. The van der Waals surface area contributed by atoms with E-state index in [4.69, 9.17) is 9.47 Å². The zero-order chi connectivity index (χ0) is 17.4. The normalized spacial score (nSPS) is 10.8. The summed E-state index contributed by atoms with van der Waals surface area (Å²) < 4.78 is 10.5. The number of anilines is 1. The second-order valence-corrected chi connectivity index (χ2v) is 5.83. The molecule has 0 spiro atoms. The fourth-order valence-corrected chi connectivity index (χ4v) is 2.67. The van der Waals surface area contributed by atoms with Crippen molar-refractivity contribution in [2.45, 2.75) is 27.2 Å². The van der Waals surface area contributed by atoms with Crippen LogP contribution in [0.4, 0.5) is 5.13 Å². The lowest BCUT2D eigenvalue weighted by Crippen LogP contribution is -2.07. The zero-order valence-corrected chi connectivity index (χ0v) is 14.9. The van der Waals surface area contributed by atoms with Gasteiger partial charge >= 0.3 is 5.97 Å². The van der Waals surface area contributed by atoms with Gasteiger partial charge in [-0.05, 0) is 32.9 Å². The second kappa shape index (κ2) is 9.02. The Hall–Kier alpha value is -2.41. The van der Waals surface area contributed by atoms with Crippen molar-refractivity contribution in [3.63, 3.8) is 0 Å². The summed E-state index contributed by atoms with van der Waals surface area (Å²) >= 11 is 1.39. The summed E-state index contributed by atoms with van der Waals surface area (Å²) in [4.78, 5) is 15.7. The lowest BCUT2D eigenvalue weighted by Gasteiger charge is -2.07. The molecule has 7 heteroatoms. The van der Waals surface area contributed by atoms with Crippen molar-refractivity contribution < 1.29 is 14.3 Å². The molecule has 0 aliphatic carbocycles. The average molecular weight is 347 g/mol. The number of rotatable bonds is 8. The van der Waals surface area contributed by atoms with Crippen LogP contribution in [0, 0.1) is 6.92 Å². The number of thiazole rings is 1. The lowest BCUT2D eigenvalue weighted by molar-refractivity contribution is -0.142. The fourth-order valence-electron chi connectivity index (χ4n) is 2.01. The van der Waals surface area contributed by atoms with E-state index in [9.17, 15) is 4.79 Å². The van der Waals surface area contributed by atoms with Crippen molar-refractivity contribution in [1.82, 2.24) is 4.98 Å². The van der Waals surface area contributed by atoms with E-state index in [2.05, 4.69) is 15.5 Å². The maximum Gasteiger partial charge on any atom is 0.311 e. The van der Waals surface area contributed by atoms with Crippen LogP contribution in [-0.4, -0.2) is 30.4 Å². The number of hydrazone groups is 1. The maximum absolute atomic E-state index is 11.4. The van der Waals surface area contributed by atoms with E-state index in [0.29, 0.717) is 24.0 Å². The van der Waals surface area contributed by atoms with E-state index in [1.165, 1.54) is 11.3 Å². The molecule has 1 N–H and O–H groups in total. The van der Waals surface area contributed by atoms with E-state index in [0.717, 1.165) is 16.9 Å². The van der Waals surface area contributed by atoms with Crippen molar-refractivity contribution >= 4 is 28.7 Å². The molecular weight excluding hydrogens is 326 g/mol. The van der Waals surface area contributed by atoms with Crippen LogP contribution in [0.2, 0.25) is 0 Å². The predicted molar refractivity (Wildman–Crippen MR) is 96.0 cm³/mol.